The molecule has 2 fully saturated rings. The number of morpholine rings is 1. The second-order valence-electron chi connectivity index (χ2n) is 4.41. The smallest absolute Gasteiger partial charge is 0.255 e. The molecule has 0 atom stereocenters. The van der Waals surface area contributed by atoms with Gasteiger partial charge in [0.2, 0.25) is 0 Å². The Bertz CT molecular complexity index is 258. The predicted octanol–water partition coefficient (Wildman–Crippen LogP) is -0.238. The van der Waals surface area contributed by atoms with Gasteiger partial charge in [-0.1, -0.05) is 0 Å². The van der Waals surface area contributed by atoms with Crippen LogP contribution in [-0.4, -0.2) is 49.6 Å². The van der Waals surface area contributed by atoms with Crippen molar-refractivity contribution < 1.29 is 14.3 Å². The van der Waals surface area contributed by atoms with E-state index in [1.54, 1.807) is 0 Å². The standard InChI is InChI=1S/C11H18N2O3/c14-10-7-16-8-11(15)13(10)6-3-9-1-4-12-5-2-9/h9,12H,1-8H2. The van der Waals surface area contributed by atoms with Crippen LogP contribution in [0.3, 0.4) is 0 Å². The summed E-state index contributed by atoms with van der Waals surface area (Å²) in [4.78, 5) is 24.2. The minimum atomic E-state index is -0.190. The summed E-state index contributed by atoms with van der Waals surface area (Å²) >= 11 is 0. The second kappa shape index (κ2) is 5.41. The van der Waals surface area contributed by atoms with E-state index >= 15 is 0 Å². The number of imide groups is 1. The summed E-state index contributed by atoms with van der Waals surface area (Å²) in [7, 11) is 0. The van der Waals surface area contributed by atoms with E-state index in [2.05, 4.69) is 5.32 Å². The molecule has 90 valence electrons. The van der Waals surface area contributed by atoms with Crippen LogP contribution in [0.15, 0.2) is 0 Å². The number of nitrogens with one attached hydrogen (secondary N) is 1. The molecule has 2 aliphatic rings. The van der Waals surface area contributed by atoms with Gasteiger partial charge in [0.05, 0.1) is 0 Å². The highest BCUT2D eigenvalue weighted by atomic mass is 16.5. The zero-order valence-electron chi connectivity index (χ0n) is 9.41. The molecule has 2 saturated heterocycles. The van der Waals surface area contributed by atoms with E-state index in [-0.39, 0.29) is 25.0 Å². The van der Waals surface area contributed by atoms with Crippen LogP contribution in [0, 0.1) is 5.92 Å². The number of carbonyl (C=O) groups is 2. The lowest BCUT2D eigenvalue weighted by atomic mass is 9.94. The fourth-order valence-corrected chi connectivity index (χ4v) is 2.25. The lowest BCUT2D eigenvalue weighted by Crippen LogP contribution is -2.47. The van der Waals surface area contributed by atoms with Crippen LogP contribution in [0.5, 0.6) is 0 Å². The zero-order chi connectivity index (χ0) is 11.4. The molecule has 1 N–H and O–H groups in total. The molecule has 0 spiro atoms. The van der Waals surface area contributed by atoms with Crippen LogP contribution in [0.25, 0.3) is 0 Å². The first kappa shape index (κ1) is 11.5. The van der Waals surface area contributed by atoms with Gasteiger partial charge in [0.25, 0.3) is 11.8 Å². The van der Waals surface area contributed by atoms with Gasteiger partial charge >= 0.3 is 0 Å². The maximum absolute atomic E-state index is 11.4. The van der Waals surface area contributed by atoms with Gasteiger partial charge in [0.1, 0.15) is 13.2 Å². The largest absolute Gasteiger partial charge is 0.362 e. The molecule has 2 amide bonds. The number of hydrogen-bond acceptors (Lipinski definition) is 4. The van der Waals surface area contributed by atoms with Crippen molar-refractivity contribution in [2.75, 3.05) is 32.8 Å². The molecule has 16 heavy (non-hydrogen) atoms. The van der Waals surface area contributed by atoms with Crippen molar-refractivity contribution in [1.82, 2.24) is 10.2 Å². The highest BCUT2D eigenvalue weighted by Gasteiger charge is 2.27. The third-order valence-corrected chi connectivity index (χ3v) is 3.27. The highest BCUT2D eigenvalue weighted by molar-refractivity contribution is 5.98. The number of carbonyl (C=O) groups excluding carboxylic acids is 2. The van der Waals surface area contributed by atoms with Crippen molar-refractivity contribution in [3.63, 3.8) is 0 Å². The van der Waals surface area contributed by atoms with Gasteiger partial charge in [0, 0.05) is 6.54 Å². The third kappa shape index (κ3) is 2.80. The van der Waals surface area contributed by atoms with Crippen LogP contribution >= 0.6 is 0 Å². The Kier molecular flexibility index (Phi) is 3.90. The van der Waals surface area contributed by atoms with E-state index in [4.69, 9.17) is 4.74 Å². The molecule has 0 aromatic carbocycles. The fraction of sp³-hybridized carbons (Fsp3) is 0.818. The lowest BCUT2D eigenvalue weighted by molar-refractivity contribution is -0.158. The summed E-state index contributed by atoms with van der Waals surface area (Å²) in [5.41, 5.74) is 0. The first-order chi connectivity index (χ1) is 7.77. The fourth-order valence-electron chi connectivity index (χ4n) is 2.25. The Hall–Kier alpha value is -0.940. The molecule has 0 saturated carbocycles. The van der Waals surface area contributed by atoms with Crippen LogP contribution in [-0.2, 0) is 14.3 Å². The molecular weight excluding hydrogens is 208 g/mol. The Morgan fingerprint density at radius 2 is 1.81 bits per heavy atom. The highest BCUT2D eigenvalue weighted by Crippen LogP contribution is 2.17. The Labute approximate surface area is 95.1 Å². The molecule has 0 radical (unpaired) electrons. The molecule has 2 rings (SSSR count). The van der Waals surface area contributed by atoms with Crippen molar-refractivity contribution in [3.8, 4) is 0 Å². The van der Waals surface area contributed by atoms with Crippen LogP contribution in [0.1, 0.15) is 19.3 Å². The van der Waals surface area contributed by atoms with Gasteiger partial charge in [0.15, 0.2) is 0 Å². The third-order valence-electron chi connectivity index (χ3n) is 3.27. The maximum atomic E-state index is 11.4. The van der Waals surface area contributed by atoms with E-state index < -0.39 is 0 Å². The van der Waals surface area contributed by atoms with Crippen LogP contribution in [0.4, 0.5) is 0 Å². The van der Waals surface area contributed by atoms with E-state index in [9.17, 15) is 9.59 Å². The quantitative estimate of drug-likeness (QED) is 0.675. The summed E-state index contributed by atoms with van der Waals surface area (Å²) in [6, 6.07) is 0. The maximum Gasteiger partial charge on any atom is 0.255 e. The summed E-state index contributed by atoms with van der Waals surface area (Å²) < 4.78 is 4.87. The molecule has 5 heteroatoms. The molecule has 2 aliphatic heterocycles. The first-order valence-electron chi connectivity index (χ1n) is 5.89. The normalized spacial score (nSPS) is 23.9. The van der Waals surface area contributed by atoms with Crippen molar-refractivity contribution in [1.29, 1.82) is 0 Å². The van der Waals surface area contributed by atoms with E-state index in [1.807, 2.05) is 0 Å². The van der Waals surface area contributed by atoms with Gasteiger partial charge in [-0.15, -0.1) is 0 Å². The summed E-state index contributed by atoms with van der Waals surface area (Å²) in [5.74, 6) is 0.264. The van der Waals surface area contributed by atoms with Crippen molar-refractivity contribution in [3.05, 3.63) is 0 Å². The van der Waals surface area contributed by atoms with Crippen molar-refractivity contribution >= 4 is 11.8 Å². The molecule has 2 heterocycles. The number of rotatable bonds is 3. The average Bonchev–Trinajstić information content (AvgIpc) is 2.30. The summed E-state index contributed by atoms with van der Waals surface area (Å²) in [6.45, 7) is 2.77. The van der Waals surface area contributed by atoms with Crippen LogP contribution < -0.4 is 5.32 Å². The summed E-state index contributed by atoms with van der Waals surface area (Å²) in [5, 5.41) is 3.30. The summed E-state index contributed by atoms with van der Waals surface area (Å²) in [6.07, 6.45) is 3.22. The molecule has 0 aromatic heterocycles. The van der Waals surface area contributed by atoms with Gasteiger partial charge in [-0.3, -0.25) is 14.5 Å². The van der Waals surface area contributed by atoms with E-state index in [0.29, 0.717) is 12.5 Å². The number of hydrogen-bond donors (Lipinski definition) is 1. The SMILES string of the molecule is O=C1COCC(=O)N1CCC1CCNCC1. The Morgan fingerprint density at radius 1 is 1.19 bits per heavy atom. The van der Waals surface area contributed by atoms with Gasteiger partial charge in [-0.05, 0) is 38.3 Å². The van der Waals surface area contributed by atoms with Crippen molar-refractivity contribution in [2.45, 2.75) is 19.3 Å². The molecule has 0 aromatic rings. The molecule has 0 unspecified atom stereocenters. The van der Waals surface area contributed by atoms with E-state index in [1.165, 1.54) is 4.90 Å². The number of piperidine rings is 1. The van der Waals surface area contributed by atoms with Crippen LogP contribution in [0.2, 0.25) is 0 Å². The predicted molar refractivity (Wildman–Crippen MR) is 57.7 cm³/mol. The van der Waals surface area contributed by atoms with Crippen molar-refractivity contribution in [2.24, 2.45) is 5.92 Å². The minimum absolute atomic E-state index is 0.0535. The number of nitrogens with zero attached hydrogens (tertiary/aromatic N) is 1. The lowest BCUT2D eigenvalue weighted by Gasteiger charge is -2.28. The van der Waals surface area contributed by atoms with Gasteiger partial charge in [-0.25, -0.2) is 0 Å². The van der Waals surface area contributed by atoms with Gasteiger partial charge < -0.3 is 10.1 Å². The topological polar surface area (TPSA) is 58.6 Å². The Balaban J connectivity index is 1.78. The average molecular weight is 226 g/mol. The molecule has 0 aliphatic carbocycles. The monoisotopic (exact) mass is 226 g/mol. The van der Waals surface area contributed by atoms with E-state index in [0.717, 1.165) is 32.4 Å². The van der Waals surface area contributed by atoms with Gasteiger partial charge in [-0.2, -0.15) is 0 Å². The Morgan fingerprint density at radius 3 is 2.44 bits per heavy atom. The molecule has 5 nitrogen and oxygen atoms in total. The molecular formula is C11H18N2O3. The second-order valence-corrected chi connectivity index (χ2v) is 4.41. The number of amides is 2. The molecule has 0 bridgehead atoms. The first-order valence-corrected chi connectivity index (χ1v) is 5.89. The number of ether oxygens (including phenoxy) is 1. The minimum Gasteiger partial charge on any atom is -0.362 e. The zero-order valence-corrected chi connectivity index (χ0v) is 9.41.